The first-order chi connectivity index (χ1) is 9.61. The Kier molecular flexibility index (Phi) is 3.01. The number of aryl methyl sites for hydroxylation is 1. The van der Waals surface area contributed by atoms with E-state index in [1.165, 1.54) is 0 Å². The van der Waals surface area contributed by atoms with E-state index in [4.69, 9.17) is 17.0 Å². The van der Waals surface area contributed by atoms with Gasteiger partial charge in [-0.1, -0.05) is 0 Å². The lowest BCUT2D eigenvalue weighted by molar-refractivity contribution is 0.398. The van der Waals surface area contributed by atoms with Gasteiger partial charge in [0.15, 0.2) is 16.2 Å². The molecule has 7 nitrogen and oxygen atoms in total. The van der Waals surface area contributed by atoms with Crippen LogP contribution in [0.15, 0.2) is 18.5 Å². The summed E-state index contributed by atoms with van der Waals surface area (Å²) >= 11 is 5.40. The molecule has 0 amide bonds. The second-order valence-corrected chi connectivity index (χ2v) is 4.89. The Hall–Kier alpha value is -2.22. The zero-order valence-corrected chi connectivity index (χ0v) is 12.2. The molecule has 0 fully saturated rings. The summed E-state index contributed by atoms with van der Waals surface area (Å²) in [6.45, 7) is 2.01. The molecular formula is C12H14N6OS. The lowest BCUT2D eigenvalue weighted by Gasteiger charge is -2.13. The van der Waals surface area contributed by atoms with Gasteiger partial charge in [-0.15, -0.1) is 10.2 Å². The molecule has 104 valence electrons. The maximum atomic E-state index is 5.40. The van der Waals surface area contributed by atoms with Gasteiger partial charge in [0.25, 0.3) is 0 Å². The zero-order chi connectivity index (χ0) is 14.3. The molecule has 0 aliphatic carbocycles. The molecule has 0 aliphatic rings. The minimum absolute atomic E-state index is 0.0802. The van der Waals surface area contributed by atoms with Crippen LogP contribution in [-0.4, -0.2) is 36.4 Å². The Morgan fingerprint density at radius 2 is 2.20 bits per heavy atom. The number of methoxy groups -OCH3 is 1. The molecule has 0 bridgehead atoms. The number of H-pyrrole nitrogens is 1. The summed E-state index contributed by atoms with van der Waals surface area (Å²) < 4.78 is 9.55. The van der Waals surface area contributed by atoms with E-state index < -0.39 is 0 Å². The molecular weight excluding hydrogens is 276 g/mol. The van der Waals surface area contributed by atoms with Gasteiger partial charge in [-0.25, -0.2) is 0 Å². The first kappa shape index (κ1) is 12.8. The normalized spacial score (nSPS) is 12.8. The van der Waals surface area contributed by atoms with Crippen LogP contribution in [0.4, 0.5) is 0 Å². The maximum absolute atomic E-state index is 5.40. The smallest absolute Gasteiger partial charge is 0.215 e. The Morgan fingerprint density at radius 1 is 1.40 bits per heavy atom. The summed E-state index contributed by atoms with van der Waals surface area (Å²) in [6.07, 6.45) is 1.66. The van der Waals surface area contributed by atoms with Crippen LogP contribution in [0.5, 0.6) is 5.88 Å². The van der Waals surface area contributed by atoms with E-state index in [0.717, 1.165) is 17.0 Å². The van der Waals surface area contributed by atoms with E-state index in [9.17, 15) is 0 Å². The van der Waals surface area contributed by atoms with Gasteiger partial charge in [-0.05, 0) is 25.2 Å². The van der Waals surface area contributed by atoms with Gasteiger partial charge < -0.3 is 14.3 Å². The number of imidazole rings is 1. The van der Waals surface area contributed by atoms with E-state index >= 15 is 0 Å². The fourth-order valence-electron chi connectivity index (χ4n) is 2.24. The monoisotopic (exact) mass is 290 g/mol. The second kappa shape index (κ2) is 4.71. The molecule has 3 heterocycles. The molecule has 1 atom stereocenters. The van der Waals surface area contributed by atoms with Crippen molar-refractivity contribution in [3.05, 3.63) is 29.1 Å². The fraction of sp³-hybridized carbons (Fsp3) is 0.333. The van der Waals surface area contributed by atoms with Crippen molar-refractivity contribution in [2.45, 2.75) is 13.0 Å². The number of nitrogens with zero attached hydrogens (tertiary/aromatic N) is 5. The average molecular weight is 290 g/mol. The standard InChI is InChI=1S/C12H14N6OS/c1-7(10-16-13-6-17(10)2)18-11-8(14-12(18)20)4-5-9(15-11)19-3/h4-7H,1-3H3,(H,14,20). The van der Waals surface area contributed by atoms with Gasteiger partial charge in [0.05, 0.1) is 18.7 Å². The number of aromatic amines is 1. The van der Waals surface area contributed by atoms with Gasteiger partial charge in [-0.3, -0.25) is 4.57 Å². The van der Waals surface area contributed by atoms with Crippen LogP contribution in [0.2, 0.25) is 0 Å². The van der Waals surface area contributed by atoms with Gasteiger partial charge in [0, 0.05) is 13.1 Å². The van der Waals surface area contributed by atoms with Crippen molar-refractivity contribution in [3.8, 4) is 5.88 Å². The first-order valence-electron chi connectivity index (χ1n) is 6.11. The van der Waals surface area contributed by atoms with Gasteiger partial charge in [0.2, 0.25) is 5.88 Å². The second-order valence-electron chi connectivity index (χ2n) is 4.50. The zero-order valence-electron chi connectivity index (χ0n) is 11.4. The molecule has 0 saturated carbocycles. The van der Waals surface area contributed by atoms with Crippen molar-refractivity contribution in [1.82, 2.24) is 29.3 Å². The Morgan fingerprint density at radius 3 is 2.85 bits per heavy atom. The van der Waals surface area contributed by atoms with E-state index in [1.54, 1.807) is 19.5 Å². The predicted octanol–water partition coefficient (Wildman–Crippen LogP) is 1.84. The van der Waals surface area contributed by atoms with Gasteiger partial charge >= 0.3 is 0 Å². The lowest BCUT2D eigenvalue weighted by atomic mass is 10.3. The van der Waals surface area contributed by atoms with Crippen molar-refractivity contribution in [3.63, 3.8) is 0 Å². The van der Waals surface area contributed by atoms with Crippen LogP contribution in [0, 0.1) is 4.77 Å². The number of fused-ring (bicyclic) bond motifs is 1. The molecule has 0 radical (unpaired) electrons. The molecule has 3 rings (SSSR count). The quantitative estimate of drug-likeness (QED) is 0.745. The minimum Gasteiger partial charge on any atom is -0.481 e. The summed E-state index contributed by atoms with van der Waals surface area (Å²) in [6, 6.07) is 3.62. The third kappa shape index (κ3) is 1.88. The van der Waals surface area contributed by atoms with E-state index in [2.05, 4.69) is 20.2 Å². The summed E-state index contributed by atoms with van der Waals surface area (Å²) in [5.41, 5.74) is 1.61. The summed E-state index contributed by atoms with van der Waals surface area (Å²) in [5, 5.41) is 8.04. The number of hydrogen-bond donors (Lipinski definition) is 1. The number of pyridine rings is 1. The Bertz CT molecular complexity index is 817. The number of nitrogens with one attached hydrogen (secondary N) is 1. The molecule has 0 spiro atoms. The van der Waals surface area contributed by atoms with Crippen molar-refractivity contribution in [2.75, 3.05) is 7.11 Å². The van der Waals surface area contributed by atoms with Gasteiger partial charge in [0.1, 0.15) is 6.33 Å². The highest BCUT2D eigenvalue weighted by atomic mass is 32.1. The summed E-state index contributed by atoms with van der Waals surface area (Å²) in [4.78, 5) is 7.60. The van der Waals surface area contributed by atoms with E-state index in [0.29, 0.717) is 10.7 Å². The minimum atomic E-state index is -0.0802. The molecule has 0 aromatic carbocycles. The molecule has 3 aromatic heterocycles. The van der Waals surface area contributed by atoms with Crippen LogP contribution in [0.25, 0.3) is 11.2 Å². The third-order valence-corrected chi connectivity index (χ3v) is 3.55. The van der Waals surface area contributed by atoms with E-state index in [-0.39, 0.29) is 6.04 Å². The molecule has 1 N–H and O–H groups in total. The number of ether oxygens (including phenoxy) is 1. The number of aromatic nitrogens is 6. The van der Waals surface area contributed by atoms with Gasteiger partial charge in [-0.2, -0.15) is 4.98 Å². The van der Waals surface area contributed by atoms with Crippen molar-refractivity contribution >= 4 is 23.4 Å². The fourth-order valence-corrected chi connectivity index (χ4v) is 2.60. The number of hydrogen-bond acceptors (Lipinski definition) is 5. The molecule has 0 aliphatic heterocycles. The van der Waals surface area contributed by atoms with Crippen LogP contribution in [0.3, 0.4) is 0 Å². The highest BCUT2D eigenvalue weighted by molar-refractivity contribution is 7.71. The predicted molar refractivity (Wildman–Crippen MR) is 76.3 cm³/mol. The van der Waals surface area contributed by atoms with Crippen LogP contribution in [0.1, 0.15) is 18.8 Å². The highest BCUT2D eigenvalue weighted by Crippen LogP contribution is 2.23. The molecule has 0 saturated heterocycles. The third-order valence-electron chi connectivity index (χ3n) is 3.25. The van der Waals surface area contributed by atoms with Crippen LogP contribution < -0.4 is 4.74 Å². The first-order valence-corrected chi connectivity index (χ1v) is 6.51. The maximum Gasteiger partial charge on any atom is 0.215 e. The topological polar surface area (TPSA) is 73.6 Å². The van der Waals surface area contributed by atoms with E-state index in [1.807, 2.05) is 29.2 Å². The average Bonchev–Trinajstić information content (AvgIpc) is 2.99. The SMILES string of the molecule is COc1ccc2[nH]c(=S)n(C(C)c3nncn3C)c2n1. The Balaban J connectivity index is 2.22. The summed E-state index contributed by atoms with van der Waals surface area (Å²) in [7, 11) is 3.49. The Labute approximate surface area is 120 Å². The van der Waals surface area contributed by atoms with Crippen molar-refractivity contribution in [1.29, 1.82) is 0 Å². The highest BCUT2D eigenvalue weighted by Gasteiger charge is 2.18. The lowest BCUT2D eigenvalue weighted by Crippen LogP contribution is -2.12. The number of rotatable bonds is 3. The molecule has 8 heteroatoms. The van der Waals surface area contributed by atoms with Crippen LogP contribution in [-0.2, 0) is 7.05 Å². The van der Waals surface area contributed by atoms with Crippen molar-refractivity contribution < 1.29 is 4.74 Å². The van der Waals surface area contributed by atoms with Crippen LogP contribution >= 0.6 is 12.2 Å². The van der Waals surface area contributed by atoms with Crippen molar-refractivity contribution in [2.24, 2.45) is 7.05 Å². The molecule has 3 aromatic rings. The molecule has 1 unspecified atom stereocenters. The molecule has 20 heavy (non-hydrogen) atoms. The largest absolute Gasteiger partial charge is 0.481 e. The summed E-state index contributed by atoms with van der Waals surface area (Å²) in [5.74, 6) is 1.36.